The molecule has 0 aliphatic heterocycles. The zero-order chi connectivity index (χ0) is 13.3. The van der Waals surface area contributed by atoms with Crippen LogP contribution in [0.2, 0.25) is 0 Å². The van der Waals surface area contributed by atoms with Gasteiger partial charge in [-0.15, -0.1) is 0 Å². The van der Waals surface area contributed by atoms with E-state index in [9.17, 15) is 13.6 Å². The van der Waals surface area contributed by atoms with Gasteiger partial charge in [-0.25, -0.2) is 13.8 Å². The molecule has 94 valence electrons. The average Bonchev–Trinajstić information content (AvgIpc) is 2.80. The molecule has 0 bridgehead atoms. The molecule has 1 aromatic heterocycles. The Morgan fingerprint density at radius 1 is 1.44 bits per heavy atom. The minimum absolute atomic E-state index is 0.0198. The van der Waals surface area contributed by atoms with Crippen molar-refractivity contribution in [2.24, 2.45) is 0 Å². The van der Waals surface area contributed by atoms with Crippen molar-refractivity contribution in [3.63, 3.8) is 0 Å². The Hall–Kier alpha value is -2.24. The van der Waals surface area contributed by atoms with E-state index < -0.39 is 23.5 Å². The second kappa shape index (κ2) is 4.56. The summed E-state index contributed by atoms with van der Waals surface area (Å²) in [6, 6.07) is 3.04. The lowest BCUT2D eigenvalue weighted by Crippen LogP contribution is -2.08. The number of carboxylic acid groups (broad SMARTS) is 1. The number of benzene rings is 1. The highest BCUT2D eigenvalue weighted by atomic mass is 19.1. The lowest BCUT2D eigenvalue weighted by atomic mass is 10.1. The first-order valence-corrected chi connectivity index (χ1v) is 5.22. The van der Waals surface area contributed by atoms with E-state index in [1.165, 1.54) is 13.1 Å². The lowest BCUT2D eigenvalue weighted by Gasteiger charge is -2.02. The van der Waals surface area contributed by atoms with Gasteiger partial charge < -0.3 is 10.1 Å². The molecule has 6 heteroatoms. The van der Waals surface area contributed by atoms with E-state index >= 15 is 0 Å². The monoisotopic (exact) mass is 252 g/mol. The van der Waals surface area contributed by atoms with Crippen molar-refractivity contribution in [1.29, 1.82) is 0 Å². The fraction of sp³-hybridized carbons (Fsp3) is 0.167. The van der Waals surface area contributed by atoms with Gasteiger partial charge in [-0.1, -0.05) is 0 Å². The van der Waals surface area contributed by atoms with Crippen LogP contribution < -0.4 is 0 Å². The number of aromatic amines is 1. The molecule has 1 atom stereocenters. The SMILES string of the molecule is CC(C(=O)O)c1ncc(-c2cc(F)ccc2F)[nH]1. The molecular weight excluding hydrogens is 242 g/mol. The Morgan fingerprint density at radius 2 is 2.17 bits per heavy atom. The maximum Gasteiger partial charge on any atom is 0.313 e. The second-order valence-electron chi connectivity index (χ2n) is 3.87. The molecule has 0 saturated carbocycles. The van der Waals surface area contributed by atoms with Crippen molar-refractivity contribution in [2.45, 2.75) is 12.8 Å². The van der Waals surface area contributed by atoms with Crippen LogP contribution in [0, 0.1) is 11.6 Å². The minimum Gasteiger partial charge on any atom is -0.481 e. The molecule has 0 spiro atoms. The number of nitrogens with zero attached hydrogens (tertiary/aromatic N) is 1. The van der Waals surface area contributed by atoms with E-state index in [0.29, 0.717) is 0 Å². The van der Waals surface area contributed by atoms with Crippen molar-refractivity contribution in [3.8, 4) is 11.3 Å². The molecule has 0 saturated heterocycles. The molecule has 1 heterocycles. The summed E-state index contributed by atoms with van der Waals surface area (Å²) in [5.41, 5.74) is 0.265. The predicted molar refractivity (Wildman–Crippen MR) is 60.0 cm³/mol. The number of halogens is 2. The highest BCUT2D eigenvalue weighted by Crippen LogP contribution is 2.23. The number of imidazole rings is 1. The van der Waals surface area contributed by atoms with Gasteiger partial charge in [0.2, 0.25) is 0 Å². The van der Waals surface area contributed by atoms with Crippen LogP contribution in [0.5, 0.6) is 0 Å². The fourth-order valence-electron chi connectivity index (χ4n) is 1.51. The lowest BCUT2D eigenvalue weighted by molar-refractivity contribution is -0.138. The van der Waals surface area contributed by atoms with Crippen LogP contribution in [0.4, 0.5) is 8.78 Å². The first-order chi connectivity index (χ1) is 8.49. The smallest absolute Gasteiger partial charge is 0.313 e. The standard InChI is InChI=1S/C12H10F2N2O2/c1-6(12(17)18)11-15-5-10(16-11)8-4-7(13)2-3-9(8)14/h2-6H,1H3,(H,15,16)(H,17,18). The van der Waals surface area contributed by atoms with Crippen LogP contribution in [0.1, 0.15) is 18.7 Å². The topological polar surface area (TPSA) is 66.0 Å². The predicted octanol–water partition coefficient (Wildman–Crippen LogP) is 2.54. The largest absolute Gasteiger partial charge is 0.481 e. The molecule has 0 amide bonds. The van der Waals surface area contributed by atoms with Crippen LogP contribution in [-0.4, -0.2) is 21.0 Å². The van der Waals surface area contributed by atoms with E-state index in [-0.39, 0.29) is 17.1 Å². The number of H-pyrrole nitrogens is 1. The molecule has 0 aliphatic rings. The quantitative estimate of drug-likeness (QED) is 0.882. The van der Waals surface area contributed by atoms with Crippen LogP contribution in [0.15, 0.2) is 24.4 Å². The number of aliphatic carboxylic acids is 1. The van der Waals surface area contributed by atoms with Crippen LogP contribution in [0.25, 0.3) is 11.3 Å². The van der Waals surface area contributed by atoms with E-state index in [2.05, 4.69) is 9.97 Å². The number of hydrogen-bond donors (Lipinski definition) is 2. The molecular formula is C12H10F2N2O2. The van der Waals surface area contributed by atoms with Gasteiger partial charge in [-0.2, -0.15) is 0 Å². The summed E-state index contributed by atoms with van der Waals surface area (Å²) in [5.74, 6) is -2.87. The van der Waals surface area contributed by atoms with Crippen LogP contribution in [0.3, 0.4) is 0 Å². The molecule has 2 rings (SSSR count). The van der Waals surface area contributed by atoms with E-state index in [0.717, 1.165) is 18.2 Å². The third kappa shape index (κ3) is 2.22. The number of aromatic nitrogens is 2. The Morgan fingerprint density at radius 3 is 2.83 bits per heavy atom. The van der Waals surface area contributed by atoms with Crippen molar-refractivity contribution < 1.29 is 18.7 Å². The first-order valence-electron chi connectivity index (χ1n) is 5.22. The summed E-state index contributed by atoms with van der Waals surface area (Å²) in [6.45, 7) is 1.45. The first kappa shape index (κ1) is 12.2. The van der Waals surface area contributed by atoms with Gasteiger partial charge in [0.1, 0.15) is 23.4 Å². The Balaban J connectivity index is 2.41. The Kier molecular flexibility index (Phi) is 3.10. The van der Waals surface area contributed by atoms with Gasteiger partial charge in [0.05, 0.1) is 11.9 Å². The number of nitrogens with one attached hydrogen (secondary N) is 1. The van der Waals surface area contributed by atoms with Crippen molar-refractivity contribution >= 4 is 5.97 Å². The zero-order valence-electron chi connectivity index (χ0n) is 9.45. The molecule has 0 fully saturated rings. The van der Waals surface area contributed by atoms with Crippen LogP contribution >= 0.6 is 0 Å². The van der Waals surface area contributed by atoms with Gasteiger partial charge in [0.25, 0.3) is 0 Å². The summed E-state index contributed by atoms with van der Waals surface area (Å²) >= 11 is 0. The van der Waals surface area contributed by atoms with Crippen molar-refractivity contribution in [3.05, 3.63) is 41.9 Å². The van der Waals surface area contributed by atoms with Crippen molar-refractivity contribution in [1.82, 2.24) is 9.97 Å². The van der Waals surface area contributed by atoms with Gasteiger partial charge >= 0.3 is 5.97 Å². The molecule has 2 N–H and O–H groups in total. The third-order valence-electron chi connectivity index (χ3n) is 2.59. The van der Waals surface area contributed by atoms with E-state index in [1.54, 1.807) is 0 Å². The van der Waals surface area contributed by atoms with Crippen LogP contribution in [-0.2, 0) is 4.79 Å². The molecule has 18 heavy (non-hydrogen) atoms. The van der Waals surface area contributed by atoms with Crippen molar-refractivity contribution in [2.75, 3.05) is 0 Å². The maximum atomic E-state index is 13.5. The number of rotatable bonds is 3. The summed E-state index contributed by atoms with van der Waals surface area (Å²) in [5, 5.41) is 8.82. The average molecular weight is 252 g/mol. The summed E-state index contributed by atoms with van der Waals surface area (Å²) in [4.78, 5) is 17.3. The molecule has 2 aromatic rings. The van der Waals surface area contributed by atoms with Gasteiger partial charge in [0, 0.05) is 5.56 Å². The molecule has 1 aromatic carbocycles. The van der Waals surface area contributed by atoms with E-state index in [4.69, 9.17) is 5.11 Å². The number of hydrogen-bond acceptors (Lipinski definition) is 2. The maximum absolute atomic E-state index is 13.5. The fourth-order valence-corrected chi connectivity index (χ4v) is 1.51. The highest BCUT2D eigenvalue weighted by Gasteiger charge is 2.18. The molecule has 0 aliphatic carbocycles. The number of carboxylic acids is 1. The Labute approximate surface area is 101 Å². The van der Waals surface area contributed by atoms with Gasteiger partial charge in [0.15, 0.2) is 0 Å². The highest BCUT2D eigenvalue weighted by molar-refractivity contribution is 5.74. The Bertz CT molecular complexity index is 596. The third-order valence-corrected chi connectivity index (χ3v) is 2.59. The summed E-state index contributed by atoms with van der Waals surface area (Å²) in [6.07, 6.45) is 1.28. The normalized spacial score (nSPS) is 12.4. The minimum atomic E-state index is -1.05. The molecule has 0 radical (unpaired) electrons. The second-order valence-corrected chi connectivity index (χ2v) is 3.87. The van der Waals surface area contributed by atoms with Gasteiger partial charge in [-0.05, 0) is 25.1 Å². The van der Waals surface area contributed by atoms with E-state index in [1.807, 2.05) is 0 Å². The molecule has 4 nitrogen and oxygen atoms in total. The molecule has 1 unspecified atom stereocenters. The number of carbonyl (C=O) groups is 1. The summed E-state index contributed by atoms with van der Waals surface area (Å²) in [7, 11) is 0. The summed E-state index contributed by atoms with van der Waals surface area (Å²) < 4.78 is 26.5. The zero-order valence-corrected chi connectivity index (χ0v) is 9.45. The van der Waals surface area contributed by atoms with Gasteiger partial charge in [-0.3, -0.25) is 4.79 Å².